The Bertz CT molecular complexity index is 206. The van der Waals surface area contributed by atoms with Gasteiger partial charge in [0.15, 0.2) is 0 Å². The molecule has 1 aliphatic rings. The Morgan fingerprint density at radius 2 is 1.59 bits per heavy atom. The highest BCUT2D eigenvalue weighted by Crippen LogP contribution is 2.32. The Balaban J connectivity index is 2.31. The second-order valence-electron chi connectivity index (χ2n) is 7.78. The zero-order chi connectivity index (χ0) is 13.1. The maximum atomic E-state index is 2.60. The number of hydrogen-bond donors (Lipinski definition) is 0. The van der Waals surface area contributed by atoms with E-state index in [0.717, 1.165) is 17.9 Å². The Morgan fingerprint density at radius 1 is 1.06 bits per heavy atom. The maximum Gasteiger partial charge on any atom is 0.00926 e. The van der Waals surface area contributed by atoms with Crippen molar-refractivity contribution in [1.29, 1.82) is 0 Å². The monoisotopic (exact) mass is 239 g/mol. The van der Waals surface area contributed by atoms with E-state index in [-0.39, 0.29) is 0 Å². The number of rotatable bonds is 4. The first-order valence-corrected chi connectivity index (χ1v) is 7.48. The predicted molar refractivity (Wildman–Crippen MR) is 77.3 cm³/mol. The fraction of sp³-hybridized carbons (Fsp3) is 1.00. The van der Waals surface area contributed by atoms with Crippen LogP contribution < -0.4 is 0 Å². The van der Waals surface area contributed by atoms with Crippen molar-refractivity contribution in [2.75, 3.05) is 13.6 Å². The van der Waals surface area contributed by atoms with Gasteiger partial charge in [0.2, 0.25) is 0 Å². The molecule has 1 aliphatic carbocycles. The molecule has 0 N–H and O–H groups in total. The maximum absolute atomic E-state index is 2.60. The second kappa shape index (κ2) is 6.22. The topological polar surface area (TPSA) is 3.24 Å². The summed E-state index contributed by atoms with van der Waals surface area (Å²) in [5.74, 6) is 1.89. The van der Waals surface area contributed by atoms with Gasteiger partial charge in [-0.1, -0.05) is 34.6 Å². The van der Waals surface area contributed by atoms with E-state index in [1.54, 1.807) is 0 Å². The van der Waals surface area contributed by atoms with E-state index in [9.17, 15) is 0 Å². The van der Waals surface area contributed by atoms with Crippen LogP contribution in [0.15, 0.2) is 0 Å². The van der Waals surface area contributed by atoms with Crippen LogP contribution >= 0.6 is 0 Å². The van der Waals surface area contributed by atoms with E-state index in [2.05, 4.69) is 46.6 Å². The van der Waals surface area contributed by atoms with Crippen LogP contribution in [0, 0.1) is 17.3 Å². The minimum absolute atomic E-state index is 0.434. The average Bonchev–Trinajstić information content (AvgIpc) is 2.15. The summed E-state index contributed by atoms with van der Waals surface area (Å²) in [4.78, 5) is 2.60. The molecular formula is C16H33N. The van der Waals surface area contributed by atoms with Crippen molar-refractivity contribution in [3.8, 4) is 0 Å². The van der Waals surface area contributed by atoms with Crippen molar-refractivity contribution in [3.05, 3.63) is 0 Å². The Labute approximate surface area is 109 Å². The molecule has 0 aromatic carbocycles. The van der Waals surface area contributed by atoms with E-state index >= 15 is 0 Å². The van der Waals surface area contributed by atoms with Gasteiger partial charge >= 0.3 is 0 Å². The minimum Gasteiger partial charge on any atom is -0.303 e. The molecule has 0 unspecified atom stereocenters. The van der Waals surface area contributed by atoms with Crippen molar-refractivity contribution in [1.82, 2.24) is 4.90 Å². The molecule has 102 valence electrons. The smallest absolute Gasteiger partial charge is 0.00926 e. The molecule has 17 heavy (non-hydrogen) atoms. The van der Waals surface area contributed by atoms with Crippen molar-refractivity contribution in [3.63, 3.8) is 0 Å². The third kappa shape index (κ3) is 5.90. The van der Waals surface area contributed by atoms with Gasteiger partial charge in [-0.05, 0) is 56.4 Å². The first-order valence-electron chi connectivity index (χ1n) is 7.48. The van der Waals surface area contributed by atoms with E-state index in [0.29, 0.717) is 5.41 Å². The van der Waals surface area contributed by atoms with E-state index in [1.165, 1.54) is 38.6 Å². The van der Waals surface area contributed by atoms with Crippen molar-refractivity contribution in [2.24, 2.45) is 17.3 Å². The highest BCUT2D eigenvalue weighted by atomic mass is 15.1. The molecule has 1 rings (SSSR count). The van der Waals surface area contributed by atoms with Crippen LogP contribution in [0.3, 0.4) is 0 Å². The summed E-state index contributed by atoms with van der Waals surface area (Å²) < 4.78 is 0. The van der Waals surface area contributed by atoms with Gasteiger partial charge in [-0.15, -0.1) is 0 Å². The van der Waals surface area contributed by atoms with Gasteiger partial charge in [0.1, 0.15) is 0 Å². The molecule has 1 nitrogen and oxygen atoms in total. The Kier molecular flexibility index (Phi) is 5.50. The summed E-state index contributed by atoms with van der Waals surface area (Å²) in [6.07, 6.45) is 7.19. The second-order valence-corrected chi connectivity index (χ2v) is 7.78. The van der Waals surface area contributed by atoms with Crippen LogP contribution in [0.5, 0.6) is 0 Å². The summed E-state index contributed by atoms with van der Waals surface area (Å²) in [6.45, 7) is 13.0. The highest BCUT2D eigenvalue weighted by Gasteiger charge is 2.26. The van der Waals surface area contributed by atoms with E-state index < -0.39 is 0 Å². The van der Waals surface area contributed by atoms with Gasteiger partial charge in [0, 0.05) is 12.6 Å². The fourth-order valence-corrected chi connectivity index (χ4v) is 3.37. The molecule has 0 aromatic heterocycles. The van der Waals surface area contributed by atoms with Crippen LogP contribution in [-0.4, -0.2) is 24.5 Å². The molecule has 0 radical (unpaired) electrons. The normalized spacial score (nSPS) is 26.8. The standard InChI is InChI=1S/C16H33N/c1-13(2)11-14-7-9-15(10-8-14)17(6)12-16(3,4)5/h13-15H,7-12H2,1-6H3. The lowest BCUT2D eigenvalue weighted by molar-refractivity contribution is 0.120. The number of hydrogen-bond acceptors (Lipinski definition) is 1. The molecule has 1 heteroatoms. The molecule has 0 heterocycles. The molecule has 1 saturated carbocycles. The molecule has 0 spiro atoms. The summed E-state index contributed by atoms with van der Waals surface area (Å²) in [6, 6.07) is 0.845. The largest absolute Gasteiger partial charge is 0.303 e. The highest BCUT2D eigenvalue weighted by molar-refractivity contribution is 4.80. The molecule has 0 bridgehead atoms. The Morgan fingerprint density at radius 3 is 2.00 bits per heavy atom. The SMILES string of the molecule is CC(C)CC1CCC(N(C)CC(C)(C)C)CC1. The average molecular weight is 239 g/mol. The van der Waals surface area contributed by atoms with Gasteiger partial charge in [-0.2, -0.15) is 0 Å². The third-order valence-corrected chi connectivity index (χ3v) is 3.97. The summed E-state index contributed by atoms with van der Waals surface area (Å²) in [5.41, 5.74) is 0.434. The lowest BCUT2D eigenvalue weighted by Crippen LogP contribution is -2.40. The molecule has 0 aliphatic heterocycles. The molecule has 0 atom stereocenters. The van der Waals surface area contributed by atoms with Gasteiger partial charge in [0.05, 0.1) is 0 Å². The van der Waals surface area contributed by atoms with E-state index in [4.69, 9.17) is 0 Å². The first kappa shape index (κ1) is 15.0. The zero-order valence-electron chi connectivity index (χ0n) is 12.9. The minimum atomic E-state index is 0.434. The lowest BCUT2D eigenvalue weighted by Gasteiger charge is -2.38. The lowest BCUT2D eigenvalue weighted by atomic mass is 9.80. The van der Waals surface area contributed by atoms with Crippen LogP contribution in [0.2, 0.25) is 0 Å². The van der Waals surface area contributed by atoms with Crippen LogP contribution in [0.25, 0.3) is 0 Å². The van der Waals surface area contributed by atoms with Crippen LogP contribution in [-0.2, 0) is 0 Å². The Hall–Kier alpha value is -0.0400. The quantitative estimate of drug-likeness (QED) is 0.694. The van der Waals surface area contributed by atoms with Gasteiger partial charge in [-0.3, -0.25) is 0 Å². The molecule has 0 amide bonds. The molecule has 0 saturated heterocycles. The third-order valence-electron chi connectivity index (χ3n) is 3.97. The van der Waals surface area contributed by atoms with Crippen molar-refractivity contribution >= 4 is 0 Å². The molecular weight excluding hydrogens is 206 g/mol. The summed E-state index contributed by atoms with van der Waals surface area (Å²) >= 11 is 0. The molecule has 0 aromatic rings. The van der Waals surface area contributed by atoms with Gasteiger partial charge < -0.3 is 4.90 Å². The molecule has 1 fully saturated rings. The summed E-state index contributed by atoms with van der Waals surface area (Å²) in [7, 11) is 2.32. The van der Waals surface area contributed by atoms with E-state index in [1.807, 2.05) is 0 Å². The predicted octanol–water partition coefficient (Wildman–Crippen LogP) is 4.57. The van der Waals surface area contributed by atoms with Crippen LogP contribution in [0.1, 0.15) is 66.7 Å². The van der Waals surface area contributed by atoms with Gasteiger partial charge in [0.25, 0.3) is 0 Å². The fourth-order valence-electron chi connectivity index (χ4n) is 3.37. The first-order chi connectivity index (χ1) is 7.78. The van der Waals surface area contributed by atoms with Crippen molar-refractivity contribution in [2.45, 2.75) is 72.8 Å². The zero-order valence-corrected chi connectivity index (χ0v) is 12.9. The summed E-state index contributed by atoms with van der Waals surface area (Å²) in [5, 5.41) is 0. The van der Waals surface area contributed by atoms with Crippen LogP contribution in [0.4, 0.5) is 0 Å². The van der Waals surface area contributed by atoms with Gasteiger partial charge in [-0.25, -0.2) is 0 Å². The van der Waals surface area contributed by atoms with Crippen molar-refractivity contribution < 1.29 is 0 Å². The number of nitrogens with zero attached hydrogens (tertiary/aromatic N) is 1.